The van der Waals surface area contributed by atoms with Gasteiger partial charge in [0.2, 0.25) is 0 Å². The molecule has 1 aliphatic rings. The molecule has 0 radical (unpaired) electrons. The Labute approximate surface area is 126 Å². The molecule has 21 heavy (non-hydrogen) atoms. The quantitative estimate of drug-likeness (QED) is 0.862. The molecular formula is C18H24N2O. The van der Waals surface area contributed by atoms with Crippen molar-refractivity contribution in [1.29, 1.82) is 0 Å². The van der Waals surface area contributed by atoms with Crippen molar-refractivity contribution in [3.63, 3.8) is 0 Å². The zero-order valence-electron chi connectivity index (χ0n) is 13.1. The number of hydrogen-bond acceptors (Lipinski definition) is 2. The van der Waals surface area contributed by atoms with Gasteiger partial charge < -0.3 is 9.78 Å². The number of benzene rings is 1. The first-order chi connectivity index (χ1) is 9.95. The molecule has 1 saturated carbocycles. The fourth-order valence-electron chi connectivity index (χ4n) is 3.12. The Hall–Kier alpha value is -1.64. The third-order valence-corrected chi connectivity index (χ3v) is 4.65. The van der Waals surface area contributed by atoms with E-state index in [9.17, 15) is 4.79 Å². The van der Waals surface area contributed by atoms with Crippen LogP contribution in [0.1, 0.15) is 51.4 Å². The summed E-state index contributed by atoms with van der Waals surface area (Å²) in [6, 6.07) is 6.51. The van der Waals surface area contributed by atoms with Crippen LogP contribution < -0.4 is 0 Å². The highest BCUT2D eigenvalue weighted by Crippen LogP contribution is 2.35. The maximum Gasteiger partial charge on any atom is 0.123 e. The van der Waals surface area contributed by atoms with Crippen molar-refractivity contribution in [3.8, 4) is 0 Å². The number of H-pyrrole nitrogens is 1. The van der Waals surface area contributed by atoms with Crippen LogP contribution in [0.5, 0.6) is 0 Å². The van der Waals surface area contributed by atoms with Crippen molar-refractivity contribution in [2.75, 3.05) is 0 Å². The van der Waals surface area contributed by atoms with Crippen molar-refractivity contribution in [1.82, 2.24) is 9.97 Å². The first-order valence-corrected chi connectivity index (χ1v) is 7.90. The number of imidazole rings is 1. The molecule has 1 N–H and O–H groups in total. The molecule has 3 heteroatoms. The highest BCUT2D eigenvalue weighted by molar-refractivity contribution is 5.76. The van der Waals surface area contributed by atoms with E-state index in [0.717, 1.165) is 48.8 Å². The van der Waals surface area contributed by atoms with Gasteiger partial charge in [0.05, 0.1) is 11.0 Å². The number of fused-ring (bicyclic) bond motifs is 1. The van der Waals surface area contributed by atoms with Crippen LogP contribution in [0.15, 0.2) is 18.2 Å². The maximum atomic E-state index is 10.6. The minimum absolute atomic E-state index is 0.162. The summed E-state index contributed by atoms with van der Waals surface area (Å²) in [5.74, 6) is 2.10. The number of aryl methyl sites for hydroxylation is 1. The van der Waals surface area contributed by atoms with Crippen molar-refractivity contribution in [3.05, 3.63) is 29.6 Å². The van der Waals surface area contributed by atoms with E-state index in [-0.39, 0.29) is 5.41 Å². The Kier molecular flexibility index (Phi) is 3.60. The molecule has 1 aromatic heterocycles. The van der Waals surface area contributed by atoms with Crippen LogP contribution in [0.2, 0.25) is 0 Å². The number of rotatable bonds is 4. The summed E-state index contributed by atoms with van der Waals surface area (Å²) in [4.78, 5) is 18.8. The van der Waals surface area contributed by atoms with Gasteiger partial charge in [-0.25, -0.2) is 4.98 Å². The van der Waals surface area contributed by atoms with Crippen LogP contribution in [-0.4, -0.2) is 16.3 Å². The molecule has 0 spiro atoms. The largest absolute Gasteiger partial charge is 0.342 e. The Morgan fingerprint density at radius 3 is 2.76 bits per heavy atom. The number of carbonyl (C=O) groups is 1. The summed E-state index contributed by atoms with van der Waals surface area (Å²) in [7, 11) is 0. The molecule has 2 aromatic rings. The summed E-state index contributed by atoms with van der Waals surface area (Å²) in [6.45, 7) is 6.68. The normalized spacial score (nSPS) is 22.2. The van der Waals surface area contributed by atoms with E-state index in [0.29, 0.717) is 11.8 Å². The first kappa shape index (κ1) is 14.3. The van der Waals surface area contributed by atoms with Crippen LogP contribution in [-0.2, 0) is 16.6 Å². The van der Waals surface area contributed by atoms with Crippen LogP contribution in [0.3, 0.4) is 0 Å². The maximum absolute atomic E-state index is 10.6. The number of aromatic nitrogens is 2. The van der Waals surface area contributed by atoms with Gasteiger partial charge in [0.25, 0.3) is 0 Å². The average Bonchev–Trinajstić information content (AvgIpc) is 2.77. The lowest BCUT2D eigenvalue weighted by atomic mass is 9.73. The van der Waals surface area contributed by atoms with Crippen molar-refractivity contribution in [2.24, 2.45) is 11.8 Å². The molecular weight excluding hydrogens is 260 g/mol. The number of aromatic amines is 1. The highest BCUT2D eigenvalue weighted by Gasteiger charge is 2.28. The number of aldehydes is 1. The van der Waals surface area contributed by atoms with Crippen LogP contribution in [0.25, 0.3) is 11.0 Å². The minimum atomic E-state index is 0.162. The summed E-state index contributed by atoms with van der Waals surface area (Å²) in [6.07, 6.45) is 5.35. The molecule has 0 atom stereocenters. The van der Waals surface area contributed by atoms with Crippen LogP contribution in [0.4, 0.5) is 0 Å². The number of nitrogens with one attached hydrogen (secondary N) is 1. The summed E-state index contributed by atoms with van der Waals surface area (Å²) in [5.41, 5.74) is 3.68. The van der Waals surface area contributed by atoms with E-state index in [1.807, 2.05) is 0 Å². The predicted molar refractivity (Wildman–Crippen MR) is 85.4 cm³/mol. The molecule has 0 aliphatic heterocycles. The third-order valence-electron chi connectivity index (χ3n) is 4.65. The van der Waals surface area contributed by atoms with Gasteiger partial charge in [-0.1, -0.05) is 26.8 Å². The fraction of sp³-hybridized carbons (Fsp3) is 0.556. The lowest BCUT2D eigenvalue weighted by Gasteiger charge is -2.31. The lowest BCUT2D eigenvalue weighted by molar-refractivity contribution is -0.114. The monoisotopic (exact) mass is 284 g/mol. The zero-order chi connectivity index (χ0) is 15.0. The fourth-order valence-corrected chi connectivity index (χ4v) is 3.12. The number of carbonyl (C=O) groups excluding carboxylic acids is 1. The zero-order valence-corrected chi connectivity index (χ0v) is 13.1. The molecule has 1 heterocycles. The standard InChI is InChI=1S/C18H24N2O/c1-18(2,3)14-5-6-15-16(10-14)20-17(19-15)7-4-12-8-13(9-12)11-21/h5-6,10-13H,4,7-9H2,1-3H3,(H,19,20). The van der Waals surface area contributed by atoms with E-state index in [1.165, 1.54) is 5.56 Å². The molecule has 0 amide bonds. The van der Waals surface area contributed by atoms with E-state index in [4.69, 9.17) is 0 Å². The first-order valence-electron chi connectivity index (χ1n) is 7.90. The van der Waals surface area contributed by atoms with E-state index < -0.39 is 0 Å². The van der Waals surface area contributed by atoms with Gasteiger partial charge in [-0.2, -0.15) is 0 Å². The number of hydrogen-bond donors (Lipinski definition) is 1. The summed E-state index contributed by atoms with van der Waals surface area (Å²) >= 11 is 0. The molecule has 1 aromatic carbocycles. The summed E-state index contributed by atoms with van der Waals surface area (Å²) < 4.78 is 0. The second kappa shape index (κ2) is 5.28. The van der Waals surface area contributed by atoms with Gasteiger partial charge in [0, 0.05) is 12.3 Å². The molecule has 1 aliphatic carbocycles. The Morgan fingerprint density at radius 2 is 2.10 bits per heavy atom. The van der Waals surface area contributed by atoms with Gasteiger partial charge in [-0.15, -0.1) is 0 Å². The minimum Gasteiger partial charge on any atom is -0.342 e. The van der Waals surface area contributed by atoms with E-state index in [2.05, 4.69) is 48.9 Å². The predicted octanol–water partition coefficient (Wildman–Crippen LogP) is 4.02. The van der Waals surface area contributed by atoms with Gasteiger partial charge in [-0.05, 0) is 48.3 Å². The highest BCUT2D eigenvalue weighted by atomic mass is 16.1. The second-order valence-corrected chi connectivity index (χ2v) is 7.44. The lowest BCUT2D eigenvalue weighted by Crippen LogP contribution is -2.25. The van der Waals surface area contributed by atoms with Crippen molar-refractivity contribution < 1.29 is 4.79 Å². The Bertz CT molecular complexity index is 645. The van der Waals surface area contributed by atoms with Crippen molar-refractivity contribution >= 4 is 17.3 Å². The van der Waals surface area contributed by atoms with Gasteiger partial charge in [0.15, 0.2) is 0 Å². The smallest absolute Gasteiger partial charge is 0.123 e. The Balaban J connectivity index is 1.68. The van der Waals surface area contributed by atoms with Crippen LogP contribution >= 0.6 is 0 Å². The molecule has 3 nitrogen and oxygen atoms in total. The second-order valence-electron chi connectivity index (χ2n) is 7.44. The van der Waals surface area contributed by atoms with E-state index in [1.54, 1.807) is 0 Å². The van der Waals surface area contributed by atoms with E-state index >= 15 is 0 Å². The van der Waals surface area contributed by atoms with Gasteiger partial charge in [0.1, 0.15) is 12.1 Å². The SMILES string of the molecule is CC(C)(C)c1ccc2nc(CCC3CC(C=O)C3)[nH]c2c1. The molecule has 1 fully saturated rings. The van der Waals surface area contributed by atoms with Gasteiger partial charge in [-0.3, -0.25) is 0 Å². The third kappa shape index (κ3) is 3.02. The summed E-state index contributed by atoms with van der Waals surface area (Å²) in [5, 5.41) is 0. The van der Waals surface area contributed by atoms with Crippen LogP contribution in [0, 0.1) is 11.8 Å². The topological polar surface area (TPSA) is 45.8 Å². The molecule has 0 bridgehead atoms. The Morgan fingerprint density at radius 1 is 1.33 bits per heavy atom. The molecule has 0 unspecified atom stereocenters. The van der Waals surface area contributed by atoms with Crippen molar-refractivity contribution in [2.45, 2.75) is 51.9 Å². The molecule has 3 rings (SSSR count). The average molecular weight is 284 g/mol. The molecule has 0 saturated heterocycles. The molecule has 112 valence electrons. The van der Waals surface area contributed by atoms with Gasteiger partial charge >= 0.3 is 0 Å². The number of nitrogens with zero attached hydrogens (tertiary/aromatic N) is 1.